The summed E-state index contributed by atoms with van der Waals surface area (Å²) in [5.41, 5.74) is 0. The zero-order valence-electron chi connectivity index (χ0n) is 58.5. The lowest BCUT2D eigenvalue weighted by atomic mass is 10.0. The molecule has 19 heteroatoms. The number of aliphatic hydroxyl groups is 1. The summed E-state index contributed by atoms with van der Waals surface area (Å²) in [5.74, 6) is -1.46. The Bertz CT molecular complexity index is 1850. The Hall–Kier alpha value is -2.46. The standard InChI is InChI=1S/C72H136O17P2/c1-6-9-12-15-18-20-22-24-26-27-28-29-31-33-35-37-42-47-52-57-71(76)88-68(62-83-70(75)56-51-46-41-36-34-32-30-25-23-21-19-16-13-10-7-2)64-87-91(80,81)85-60-66(73)59-84-90(78,79)86-63-67(61-82-69(74)55-50-45-39-17-14-11-8-3)89-72(77)58-53-48-43-38-40-44-49-54-65(4)5/h21,23,25,30,65-68,73H,6-20,22,24,26-29,31-64H2,1-5H3,(H,78,79)(H,80,81)/b23-21-,30-25-/t66-,67+,68+/m0/s1. The minimum atomic E-state index is -4.96. The zero-order valence-corrected chi connectivity index (χ0v) is 60.3. The third kappa shape index (κ3) is 66.0. The van der Waals surface area contributed by atoms with Crippen LogP contribution in [0.15, 0.2) is 24.3 Å². The molecule has 0 aliphatic rings. The highest BCUT2D eigenvalue weighted by Crippen LogP contribution is 2.45. The van der Waals surface area contributed by atoms with E-state index in [-0.39, 0.29) is 25.7 Å². The van der Waals surface area contributed by atoms with Gasteiger partial charge in [0, 0.05) is 25.7 Å². The molecule has 17 nitrogen and oxygen atoms in total. The van der Waals surface area contributed by atoms with Crippen molar-refractivity contribution in [3.63, 3.8) is 0 Å². The number of hydrogen-bond donors (Lipinski definition) is 3. The Morgan fingerprint density at radius 3 is 0.901 bits per heavy atom. The van der Waals surface area contributed by atoms with Crippen LogP contribution in [0.25, 0.3) is 0 Å². The highest BCUT2D eigenvalue weighted by molar-refractivity contribution is 7.47. The molecule has 0 saturated heterocycles. The van der Waals surface area contributed by atoms with Crippen LogP contribution >= 0.6 is 15.6 Å². The molecule has 0 bridgehead atoms. The molecule has 0 saturated carbocycles. The van der Waals surface area contributed by atoms with E-state index in [1.807, 2.05) is 0 Å². The molecule has 0 aromatic heterocycles. The van der Waals surface area contributed by atoms with Gasteiger partial charge in [0.15, 0.2) is 12.2 Å². The fourth-order valence-corrected chi connectivity index (χ4v) is 12.0. The van der Waals surface area contributed by atoms with Gasteiger partial charge in [-0.15, -0.1) is 0 Å². The largest absolute Gasteiger partial charge is 0.472 e. The predicted octanol–water partition coefficient (Wildman–Crippen LogP) is 20.5. The van der Waals surface area contributed by atoms with Crippen LogP contribution in [0.4, 0.5) is 0 Å². The smallest absolute Gasteiger partial charge is 0.462 e. The first-order valence-corrected chi connectivity index (χ1v) is 39.9. The second-order valence-corrected chi connectivity index (χ2v) is 28.7. The number of carbonyl (C=O) groups excluding carboxylic acids is 4. The van der Waals surface area contributed by atoms with E-state index in [1.54, 1.807) is 0 Å². The molecule has 2 unspecified atom stereocenters. The lowest BCUT2D eigenvalue weighted by Gasteiger charge is -2.21. The first kappa shape index (κ1) is 88.5. The second-order valence-electron chi connectivity index (χ2n) is 25.8. The molecule has 0 amide bonds. The first-order chi connectivity index (χ1) is 44.0. The number of phosphoric acid groups is 2. The predicted molar refractivity (Wildman–Crippen MR) is 368 cm³/mol. The van der Waals surface area contributed by atoms with E-state index in [2.05, 4.69) is 58.9 Å². The molecular formula is C72H136O17P2. The molecular weight excluding hydrogens is 1200 g/mol. The van der Waals surface area contributed by atoms with Crippen LogP contribution in [-0.2, 0) is 65.4 Å². The number of phosphoric ester groups is 2. The Balaban J connectivity index is 5.21. The van der Waals surface area contributed by atoms with Gasteiger partial charge in [-0.25, -0.2) is 9.13 Å². The van der Waals surface area contributed by atoms with Crippen molar-refractivity contribution >= 4 is 39.5 Å². The molecule has 0 aliphatic heterocycles. The van der Waals surface area contributed by atoms with Gasteiger partial charge < -0.3 is 33.8 Å². The van der Waals surface area contributed by atoms with E-state index in [0.717, 1.165) is 122 Å². The molecule has 3 N–H and O–H groups in total. The Labute approximate surface area is 554 Å². The number of rotatable bonds is 70. The molecule has 5 atom stereocenters. The van der Waals surface area contributed by atoms with E-state index in [0.29, 0.717) is 31.6 Å². The Morgan fingerprint density at radius 1 is 0.341 bits per heavy atom. The van der Waals surface area contributed by atoms with E-state index in [4.69, 9.17) is 37.0 Å². The number of hydrogen-bond acceptors (Lipinski definition) is 15. The second kappa shape index (κ2) is 64.9. The van der Waals surface area contributed by atoms with Crippen LogP contribution in [-0.4, -0.2) is 96.7 Å². The van der Waals surface area contributed by atoms with Crippen LogP contribution < -0.4 is 0 Å². The number of ether oxygens (including phenoxy) is 4. The van der Waals surface area contributed by atoms with Crippen molar-refractivity contribution in [3.8, 4) is 0 Å². The topological polar surface area (TPSA) is 237 Å². The number of unbranched alkanes of at least 4 members (excludes halogenated alkanes) is 39. The first-order valence-electron chi connectivity index (χ1n) is 37.0. The fourth-order valence-electron chi connectivity index (χ4n) is 10.5. The monoisotopic (exact) mass is 1330 g/mol. The Kier molecular flexibility index (Phi) is 63.1. The van der Waals surface area contributed by atoms with Crippen LogP contribution in [0, 0.1) is 5.92 Å². The molecule has 91 heavy (non-hydrogen) atoms. The molecule has 0 heterocycles. The van der Waals surface area contributed by atoms with Gasteiger partial charge in [0.2, 0.25) is 0 Å². The van der Waals surface area contributed by atoms with Crippen molar-refractivity contribution in [1.82, 2.24) is 0 Å². The number of esters is 4. The molecule has 0 rings (SSSR count). The summed E-state index contributed by atoms with van der Waals surface area (Å²) in [6.45, 7) is 7.08. The summed E-state index contributed by atoms with van der Waals surface area (Å²) in [6.07, 6.45) is 55.3. The molecule has 0 aliphatic carbocycles. The fraction of sp³-hybridized carbons (Fsp3) is 0.889. The van der Waals surface area contributed by atoms with Gasteiger partial charge in [0.05, 0.1) is 26.4 Å². The van der Waals surface area contributed by atoms with E-state index >= 15 is 0 Å². The van der Waals surface area contributed by atoms with Gasteiger partial charge in [-0.3, -0.25) is 37.3 Å². The summed E-state index contributed by atoms with van der Waals surface area (Å²) in [4.78, 5) is 72.4. The van der Waals surface area contributed by atoms with Crippen molar-refractivity contribution in [2.45, 2.75) is 368 Å². The molecule has 0 spiro atoms. The third-order valence-corrected chi connectivity index (χ3v) is 18.1. The van der Waals surface area contributed by atoms with Crippen LogP contribution in [0.5, 0.6) is 0 Å². The summed E-state index contributed by atoms with van der Waals surface area (Å²) >= 11 is 0. The van der Waals surface area contributed by atoms with Gasteiger partial charge in [0.1, 0.15) is 19.3 Å². The average molecular weight is 1340 g/mol. The molecule has 536 valence electrons. The molecule has 0 radical (unpaired) electrons. The maximum Gasteiger partial charge on any atom is 0.472 e. The minimum Gasteiger partial charge on any atom is -0.462 e. The number of carbonyl (C=O) groups is 4. The summed E-state index contributed by atoms with van der Waals surface area (Å²) in [7, 11) is -9.91. The summed E-state index contributed by atoms with van der Waals surface area (Å²) < 4.78 is 68.2. The van der Waals surface area contributed by atoms with Crippen LogP contribution in [0.1, 0.15) is 349 Å². The Morgan fingerprint density at radius 2 is 0.593 bits per heavy atom. The van der Waals surface area contributed by atoms with E-state index in [9.17, 15) is 43.2 Å². The van der Waals surface area contributed by atoms with Gasteiger partial charge >= 0.3 is 39.5 Å². The van der Waals surface area contributed by atoms with Crippen LogP contribution in [0.2, 0.25) is 0 Å². The molecule has 0 aromatic rings. The summed E-state index contributed by atoms with van der Waals surface area (Å²) in [5, 5.41) is 10.6. The van der Waals surface area contributed by atoms with Gasteiger partial charge in [-0.1, -0.05) is 296 Å². The van der Waals surface area contributed by atoms with Crippen molar-refractivity contribution in [2.24, 2.45) is 5.92 Å². The zero-order chi connectivity index (χ0) is 67.0. The quantitative estimate of drug-likeness (QED) is 0.0169. The lowest BCUT2D eigenvalue weighted by Crippen LogP contribution is -2.30. The normalized spacial score (nSPS) is 14.2. The lowest BCUT2D eigenvalue weighted by molar-refractivity contribution is -0.161. The minimum absolute atomic E-state index is 0.101. The molecule has 0 aromatic carbocycles. The van der Waals surface area contributed by atoms with Gasteiger partial charge in [0.25, 0.3) is 0 Å². The van der Waals surface area contributed by atoms with Gasteiger partial charge in [-0.2, -0.15) is 0 Å². The van der Waals surface area contributed by atoms with E-state index < -0.39 is 97.5 Å². The highest BCUT2D eigenvalue weighted by atomic mass is 31.2. The molecule has 0 fully saturated rings. The number of aliphatic hydroxyl groups excluding tert-OH is 1. The van der Waals surface area contributed by atoms with Crippen molar-refractivity contribution in [3.05, 3.63) is 24.3 Å². The van der Waals surface area contributed by atoms with Gasteiger partial charge in [-0.05, 0) is 57.3 Å². The summed E-state index contributed by atoms with van der Waals surface area (Å²) in [6, 6.07) is 0. The maximum atomic E-state index is 13.0. The average Bonchev–Trinajstić information content (AvgIpc) is 3.70. The third-order valence-electron chi connectivity index (χ3n) is 16.2. The maximum absolute atomic E-state index is 13.0. The van der Waals surface area contributed by atoms with Crippen LogP contribution in [0.3, 0.4) is 0 Å². The number of allylic oxidation sites excluding steroid dienone is 4. The van der Waals surface area contributed by atoms with E-state index in [1.165, 1.54) is 141 Å². The van der Waals surface area contributed by atoms with Crippen molar-refractivity contribution in [1.29, 1.82) is 0 Å². The van der Waals surface area contributed by atoms with Crippen molar-refractivity contribution in [2.75, 3.05) is 39.6 Å². The SMILES string of the molecule is CCCCCC/C=C\C=C/CCCCCCCC(=O)OC[C@H](COP(=O)(O)OC[C@@H](O)COP(=O)(O)OC[C@@H](COC(=O)CCCCCCCCC)OC(=O)CCCCCCCCCC(C)C)OC(=O)CCCCCCCCCCCCCCCCCCCCC. The van der Waals surface area contributed by atoms with Crippen molar-refractivity contribution < 1.29 is 80.2 Å². The highest BCUT2D eigenvalue weighted by Gasteiger charge is 2.30.